The largest absolute Gasteiger partial charge is 0.390 e. The Hall–Kier alpha value is -1.59. The van der Waals surface area contributed by atoms with E-state index >= 15 is 0 Å². The summed E-state index contributed by atoms with van der Waals surface area (Å²) in [6.45, 7) is 4.70. The molecule has 2 aliphatic rings. The number of carbonyl (C=O) groups is 2. The third-order valence-electron chi connectivity index (χ3n) is 5.74. The van der Waals surface area contributed by atoms with Gasteiger partial charge < -0.3 is 15.3 Å². The number of nitrogens with zero attached hydrogens (tertiary/aromatic N) is 1. The second kappa shape index (κ2) is 6.96. The minimum Gasteiger partial charge on any atom is -0.390 e. The van der Waals surface area contributed by atoms with Gasteiger partial charge in [0.15, 0.2) is 0 Å². The molecule has 3 rings (SSSR count). The molecule has 1 aromatic carbocycles. The number of aliphatic hydroxyl groups is 1. The Morgan fingerprint density at radius 2 is 2.16 bits per heavy atom. The van der Waals surface area contributed by atoms with Gasteiger partial charge in [-0.3, -0.25) is 9.59 Å². The Kier molecular flexibility index (Phi) is 5.07. The van der Waals surface area contributed by atoms with E-state index in [9.17, 15) is 14.7 Å². The van der Waals surface area contributed by atoms with Crippen molar-refractivity contribution in [2.24, 2.45) is 11.8 Å². The topological polar surface area (TPSA) is 69.6 Å². The first kappa shape index (κ1) is 18.2. The molecule has 0 aromatic heterocycles. The van der Waals surface area contributed by atoms with E-state index in [-0.39, 0.29) is 17.7 Å². The molecule has 1 aliphatic carbocycles. The maximum Gasteiger partial charge on any atom is 0.255 e. The van der Waals surface area contributed by atoms with Crippen LogP contribution in [0.5, 0.6) is 0 Å². The van der Waals surface area contributed by atoms with E-state index in [0.717, 1.165) is 25.7 Å². The molecule has 1 aliphatic heterocycles. The summed E-state index contributed by atoms with van der Waals surface area (Å²) in [5.41, 5.74) is 0.357. The average molecular weight is 365 g/mol. The molecule has 2 amide bonds. The van der Waals surface area contributed by atoms with Crippen LogP contribution in [0.3, 0.4) is 0 Å². The van der Waals surface area contributed by atoms with Gasteiger partial charge in [-0.05, 0) is 43.4 Å². The standard InChI is InChI=1S/C19H25ClN2O3/c1-3-19(25)8-4-5-13-10-22(11-16(13)19)18(24)15-7-6-14(9-17(15)20)21-12(2)23/h6-7,9,13,16,25H,3-5,8,10-11H2,1-2H3,(H,21,23)/t13-,16+,19-/m0/s1. The van der Waals surface area contributed by atoms with Gasteiger partial charge in [0.2, 0.25) is 5.91 Å². The zero-order valence-electron chi connectivity index (χ0n) is 14.7. The van der Waals surface area contributed by atoms with Gasteiger partial charge in [-0.2, -0.15) is 0 Å². The van der Waals surface area contributed by atoms with Crippen LogP contribution in [0.1, 0.15) is 49.9 Å². The van der Waals surface area contributed by atoms with E-state index in [1.54, 1.807) is 18.2 Å². The normalized spacial score (nSPS) is 28.6. The molecule has 3 atom stereocenters. The number of hydrogen-bond acceptors (Lipinski definition) is 3. The second-order valence-corrected chi connectivity index (χ2v) is 7.71. The molecule has 1 saturated carbocycles. The van der Waals surface area contributed by atoms with E-state index in [4.69, 9.17) is 11.6 Å². The fourth-order valence-electron chi connectivity index (χ4n) is 4.37. The number of halogens is 1. The quantitative estimate of drug-likeness (QED) is 0.864. The van der Waals surface area contributed by atoms with E-state index in [2.05, 4.69) is 5.32 Å². The first-order valence-electron chi connectivity index (χ1n) is 8.93. The number of carbonyl (C=O) groups excluding carboxylic acids is 2. The van der Waals surface area contributed by atoms with Gasteiger partial charge in [-0.1, -0.05) is 24.9 Å². The predicted octanol–water partition coefficient (Wildman–Crippen LogP) is 3.31. The van der Waals surface area contributed by atoms with E-state index < -0.39 is 5.60 Å². The van der Waals surface area contributed by atoms with Crippen LogP contribution in [-0.4, -0.2) is 40.5 Å². The molecule has 1 heterocycles. The minimum atomic E-state index is -0.656. The molecular weight excluding hydrogens is 340 g/mol. The number of nitrogens with one attached hydrogen (secondary N) is 1. The van der Waals surface area contributed by atoms with Crippen molar-refractivity contribution in [3.63, 3.8) is 0 Å². The van der Waals surface area contributed by atoms with Gasteiger partial charge in [0.25, 0.3) is 5.91 Å². The number of hydrogen-bond donors (Lipinski definition) is 2. The molecule has 1 aromatic rings. The average Bonchev–Trinajstić information content (AvgIpc) is 3.00. The molecule has 6 heteroatoms. The maximum atomic E-state index is 12.9. The lowest BCUT2D eigenvalue weighted by atomic mass is 9.69. The summed E-state index contributed by atoms with van der Waals surface area (Å²) in [5, 5.41) is 13.9. The number of anilines is 1. The van der Waals surface area contributed by atoms with Crippen LogP contribution in [0.4, 0.5) is 5.69 Å². The molecule has 2 N–H and O–H groups in total. The summed E-state index contributed by atoms with van der Waals surface area (Å²) in [6, 6.07) is 4.94. The highest BCUT2D eigenvalue weighted by molar-refractivity contribution is 6.34. The summed E-state index contributed by atoms with van der Waals surface area (Å²) in [7, 11) is 0. The monoisotopic (exact) mass is 364 g/mol. The number of benzene rings is 1. The molecule has 5 nitrogen and oxygen atoms in total. The Labute approximate surface area is 153 Å². The van der Waals surface area contributed by atoms with Crippen molar-refractivity contribution in [2.45, 2.75) is 45.1 Å². The van der Waals surface area contributed by atoms with Gasteiger partial charge in [-0.15, -0.1) is 0 Å². The predicted molar refractivity (Wildman–Crippen MR) is 97.7 cm³/mol. The number of amides is 2. The summed E-state index contributed by atoms with van der Waals surface area (Å²) in [5.74, 6) is 0.220. The second-order valence-electron chi connectivity index (χ2n) is 7.30. The Morgan fingerprint density at radius 1 is 1.40 bits per heavy atom. The molecule has 136 valence electrons. The highest BCUT2D eigenvalue weighted by atomic mass is 35.5. The van der Waals surface area contributed by atoms with Gasteiger partial charge in [0, 0.05) is 31.6 Å². The van der Waals surface area contributed by atoms with Gasteiger partial charge in [-0.25, -0.2) is 0 Å². The number of likely N-dealkylation sites (tertiary alicyclic amines) is 1. The van der Waals surface area contributed by atoms with Crippen molar-refractivity contribution >= 4 is 29.1 Å². The maximum absolute atomic E-state index is 12.9. The number of rotatable bonds is 3. The highest BCUT2D eigenvalue weighted by Gasteiger charge is 2.48. The van der Waals surface area contributed by atoms with E-state index in [1.807, 2.05) is 11.8 Å². The minimum absolute atomic E-state index is 0.104. The molecule has 1 saturated heterocycles. The van der Waals surface area contributed by atoms with Gasteiger partial charge >= 0.3 is 0 Å². The first-order valence-corrected chi connectivity index (χ1v) is 9.30. The highest BCUT2D eigenvalue weighted by Crippen LogP contribution is 2.44. The fraction of sp³-hybridized carbons (Fsp3) is 0.579. The molecule has 0 unspecified atom stereocenters. The smallest absolute Gasteiger partial charge is 0.255 e. The van der Waals surface area contributed by atoms with Crippen LogP contribution in [0.25, 0.3) is 0 Å². The number of fused-ring (bicyclic) bond motifs is 1. The SMILES string of the molecule is CC[C@]1(O)CCC[C@H]2CN(C(=O)c3ccc(NC(C)=O)cc3Cl)C[C@H]21. The summed E-state index contributed by atoms with van der Waals surface area (Å²) in [6.07, 6.45) is 3.62. The summed E-state index contributed by atoms with van der Waals surface area (Å²) in [4.78, 5) is 25.9. The summed E-state index contributed by atoms with van der Waals surface area (Å²) >= 11 is 6.27. The van der Waals surface area contributed by atoms with Crippen molar-refractivity contribution in [2.75, 3.05) is 18.4 Å². The fourth-order valence-corrected chi connectivity index (χ4v) is 4.63. The van der Waals surface area contributed by atoms with Crippen LogP contribution in [0.2, 0.25) is 5.02 Å². The molecule has 0 radical (unpaired) electrons. The first-order chi connectivity index (χ1) is 11.8. The van der Waals surface area contributed by atoms with Crippen LogP contribution in [-0.2, 0) is 4.79 Å². The molecule has 0 bridgehead atoms. The van der Waals surface area contributed by atoms with Gasteiger partial charge in [0.1, 0.15) is 0 Å². The lowest BCUT2D eigenvalue weighted by molar-refractivity contribution is -0.114. The van der Waals surface area contributed by atoms with E-state index in [1.165, 1.54) is 6.92 Å². The third-order valence-corrected chi connectivity index (χ3v) is 6.05. The Morgan fingerprint density at radius 3 is 2.80 bits per heavy atom. The zero-order chi connectivity index (χ0) is 18.2. The van der Waals surface area contributed by atoms with Gasteiger partial charge in [0.05, 0.1) is 16.2 Å². The van der Waals surface area contributed by atoms with Crippen molar-refractivity contribution in [1.29, 1.82) is 0 Å². The lowest BCUT2D eigenvalue weighted by Crippen LogP contribution is -2.44. The Bertz CT molecular complexity index is 693. The van der Waals surface area contributed by atoms with Crippen molar-refractivity contribution < 1.29 is 14.7 Å². The van der Waals surface area contributed by atoms with Crippen molar-refractivity contribution in [3.05, 3.63) is 28.8 Å². The molecule has 2 fully saturated rings. The summed E-state index contributed by atoms with van der Waals surface area (Å²) < 4.78 is 0. The lowest BCUT2D eigenvalue weighted by Gasteiger charge is -2.40. The molecular formula is C19H25ClN2O3. The van der Waals surface area contributed by atoms with Crippen LogP contribution >= 0.6 is 11.6 Å². The van der Waals surface area contributed by atoms with Crippen LogP contribution in [0.15, 0.2) is 18.2 Å². The Balaban J connectivity index is 1.77. The molecule has 0 spiro atoms. The van der Waals surface area contributed by atoms with E-state index in [0.29, 0.717) is 35.3 Å². The van der Waals surface area contributed by atoms with Crippen LogP contribution in [0, 0.1) is 11.8 Å². The zero-order valence-corrected chi connectivity index (χ0v) is 15.5. The van der Waals surface area contributed by atoms with Crippen molar-refractivity contribution in [1.82, 2.24) is 4.90 Å². The van der Waals surface area contributed by atoms with Crippen LogP contribution < -0.4 is 5.32 Å². The molecule has 25 heavy (non-hydrogen) atoms. The van der Waals surface area contributed by atoms with Crippen molar-refractivity contribution in [3.8, 4) is 0 Å². The third kappa shape index (κ3) is 3.53.